The predicted molar refractivity (Wildman–Crippen MR) is 77.7 cm³/mol. The van der Waals surface area contributed by atoms with Crippen LogP contribution in [0.2, 0.25) is 0 Å². The third kappa shape index (κ3) is 3.39. The number of pyridine rings is 1. The molecule has 0 bridgehead atoms. The Kier molecular flexibility index (Phi) is 4.68. The van der Waals surface area contributed by atoms with Crippen LogP contribution in [0.4, 0.5) is 5.82 Å². The first-order chi connectivity index (χ1) is 9.04. The molecule has 0 radical (unpaired) electrons. The molecule has 0 aliphatic carbocycles. The number of nitrogens with zero attached hydrogens (tertiary/aromatic N) is 2. The van der Waals surface area contributed by atoms with Crippen LogP contribution in [-0.2, 0) is 9.84 Å². The Balaban J connectivity index is 2.44. The van der Waals surface area contributed by atoms with Crippen molar-refractivity contribution in [1.29, 1.82) is 0 Å². The fourth-order valence-corrected chi connectivity index (χ4v) is 3.65. The van der Waals surface area contributed by atoms with Gasteiger partial charge >= 0.3 is 0 Å². The van der Waals surface area contributed by atoms with E-state index in [2.05, 4.69) is 9.88 Å². The number of alkyl halides is 1. The van der Waals surface area contributed by atoms with E-state index in [0.29, 0.717) is 16.6 Å². The number of anilines is 1. The molecule has 1 unspecified atom stereocenters. The lowest BCUT2D eigenvalue weighted by Crippen LogP contribution is -2.37. The summed E-state index contributed by atoms with van der Waals surface area (Å²) in [7, 11) is -3.27. The van der Waals surface area contributed by atoms with Crippen molar-refractivity contribution in [3.63, 3.8) is 0 Å². The number of halogens is 1. The molecule has 0 amide bonds. The fraction of sp³-hybridized carbons (Fsp3) is 0.615. The van der Waals surface area contributed by atoms with Crippen LogP contribution in [0.5, 0.6) is 0 Å². The zero-order chi connectivity index (χ0) is 13.9. The van der Waals surface area contributed by atoms with Gasteiger partial charge < -0.3 is 4.90 Å². The Labute approximate surface area is 119 Å². The number of hydrogen-bond acceptors (Lipinski definition) is 4. The van der Waals surface area contributed by atoms with Gasteiger partial charge in [-0.2, -0.15) is 0 Å². The summed E-state index contributed by atoms with van der Waals surface area (Å²) in [6, 6.07) is 3.45. The van der Waals surface area contributed by atoms with E-state index in [1.807, 2.05) is 0 Å². The molecule has 1 aromatic rings. The minimum absolute atomic E-state index is 0.166. The average molecular weight is 303 g/mol. The smallest absolute Gasteiger partial charge is 0.179 e. The van der Waals surface area contributed by atoms with E-state index in [9.17, 15) is 8.42 Å². The van der Waals surface area contributed by atoms with Gasteiger partial charge in [-0.05, 0) is 25.0 Å². The number of aromatic nitrogens is 1. The standard InChI is InChI=1S/C13H19ClN2O2S/c1-19(17,18)12-7-5-8-15-13(12)16-9-4-2-3-6-11(16)10-14/h5,7-8,11H,2-4,6,9-10H2,1H3. The molecule has 106 valence electrons. The highest BCUT2D eigenvalue weighted by atomic mass is 35.5. The summed E-state index contributed by atoms with van der Waals surface area (Å²) in [6.07, 6.45) is 7.19. The topological polar surface area (TPSA) is 50.3 Å². The third-order valence-corrected chi connectivity index (χ3v) is 4.95. The van der Waals surface area contributed by atoms with Crippen molar-refractivity contribution in [1.82, 2.24) is 4.98 Å². The lowest BCUT2D eigenvalue weighted by molar-refractivity contribution is 0.593. The van der Waals surface area contributed by atoms with Crippen LogP contribution in [0.25, 0.3) is 0 Å². The summed E-state index contributed by atoms with van der Waals surface area (Å²) in [4.78, 5) is 6.66. The van der Waals surface area contributed by atoms with Crippen molar-refractivity contribution in [3.8, 4) is 0 Å². The van der Waals surface area contributed by atoms with Crippen molar-refractivity contribution in [2.24, 2.45) is 0 Å². The molecule has 2 rings (SSSR count). The van der Waals surface area contributed by atoms with E-state index in [4.69, 9.17) is 11.6 Å². The molecule has 0 saturated carbocycles. The molecule has 4 nitrogen and oxygen atoms in total. The van der Waals surface area contributed by atoms with Crippen LogP contribution in [0.1, 0.15) is 25.7 Å². The highest BCUT2D eigenvalue weighted by molar-refractivity contribution is 7.90. The van der Waals surface area contributed by atoms with Crippen LogP contribution in [-0.4, -0.2) is 38.1 Å². The SMILES string of the molecule is CS(=O)(=O)c1cccnc1N1CCCCCC1CCl. The number of rotatable bonds is 3. The Morgan fingerprint density at radius 2 is 2.21 bits per heavy atom. The Morgan fingerprint density at radius 3 is 2.89 bits per heavy atom. The van der Waals surface area contributed by atoms with Gasteiger partial charge in [-0.3, -0.25) is 0 Å². The maximum Gasteiger partial charge on any atom is 0.179 e. The van der Waals surface area contributed by atoms with E-state index in [1.54, 1.807) is 18.3 Å². The van der Waals surface area contributed by atoms with Crippen LogP contribution < -0.4 is 4.90 Å². The number of sulfone groups is 1. The molecule has 1 aromatic heterocycles. The molecular weight excluding hydrogens is 284 g/mol. The largest absolute Gasteiger partial charge is 0.351 e. The second-order valence-electron chi connectivity index (χ2n) is 4.95. The van der Waals surface area contributed by atoms with Crippen LogP contribution in [0.15, 0.2) is 23.2 Å². The van der Waals surface area contributed by atoms with Crippen LogP contribution in [0, 0.1) is 0 Å². The van der Waals surface area contributed by atoms with Gasteiger partial charge in [0.2, 0.25) is 0 Å². The first-order valence-electron chi connectivity index (χ1n) is 6.51. The monoisotopic (exact) mass is 302 g/mol. The highest BCUT2D eigenvalue weighted by Crippen LogP contribution is 2.28. The molecule has 1 aliphatic heterocycles. The highest BCUT2D eigenvalue weighted by Gasteiger charge is 2.26. The van der Waals surface area contributed by atoms with Crippen LogP contribution >= 0.6 is 11.6 Å². The summed E-state index contributed by atoms with van der Waals surface area (Å²) < 4.78 is 23.8. The van der Waals surface area contributed by atoms with Crippen molar-refractivity contribution >= 4 is 27.3 Å². The van der Waals surface area contributed by atoms with Gasteiger partial charge in [0, 0.05) is 30.9 Å². The predicted octanol–water partition coefficient (Wildman–Crippen LogP) is 2.47. The van der Waals surface area contributed by atoms with Gasteiger partial charge in [-0.25, -0.2) is 13.4 Å². The van der Waals surface area contributed by atoms with Crippen molar-refractivity contribution < 1.29 is 8.42 Å². The zero-order valence-corrected chi connectivity index (χ0v) is 12.6. The molecule has 1 aliphatic rings. The lowest BCUT2D eigenvalue weighted by Gasteiger charge is -2.30. The zero-order valence-electron chi connectivity index (χ0n) is 11.0. The van der Waals surface area contributed by atoms with Crippen molar-refractivity contribution in [2.45, 2.75) is 36.6 Å². The van der Waals surface area contributed by atoms with Gasteiger partial charge in [-0.15, -0.1) is 11.6 Å². The van der Waals surface area contributed by atoms with E-state index < -0.39 is 9.84 Å². The quantitative estimate of drug-likeness (QED) is 0.805. The summed E-state index contributed by atoms with van der Waals surface area (Å²) in [5.41, 5.74) is 0. The molecule has 1 saturated heterocycles. The molecular formula is C13H19ClN2O2S. The molecule has 0 N–H and O–H groups in total. The van der Waals surface area contributed by atoms with E-state index in [-0.39, 0.29) is 6.04 Å². The Bertz CT molecular complexity index is 533. The Hall–Kier alpha value is -0.810. The summed E-state index contributed by atoms with van der Waals surface area (Å²) in [6.45, 7) is 0.816. The normalized spacial score (nSPS) is 21.2. The molecule has 1 atom stereocenters. The van der Waals surface area contributed by atoms with E-state index in [1.165, 1.54) is 6.26 Å². The molecule has 0 spiro atoms. The summed E-state index contributed by atoms with van der Waals surface area (Å²) in [5, 5.41) is 0. The van der Waals surface area contributed by atoms with Crippen molar-refractivity contribution in [3.05, 3.63) is 18.3 Å². The van der Waals surface area contributed by atoms with E-state index >= 15 is 0 Å². The second-order valence-corrected chi connectivity index (χ2v) is 7.24. The fourth-order valence-electron chi connectivity index (χ4n) is 2.50. The van der Waals surface area contributed by atoms with Gasteiger partial charge in [0.15, 0.2) is 9.84 Å². The minimum Gasteiger partial charge on any atom is -0.351 e. The van der Waals surface area contributed by atoms with Gasteiger partial charge in [0.1, 0.15) is 10.7 Å². The third-order valence-electron chi connectivity index (χ3n) is 3.48. The maximum absolute atomic E-state index is 11.9. The molecule has 0 aromatic carbocycles. The van der Waals surface area contributed by atoms with Gasteiger partial charge in [0.05, 0.1) is 0 Å². The lowest BCUT2D eigenvalue weighted by atomic mass is 10.1. The first-order valence-corrected chi connectivity index (χ1v) is 8.94. The van der Waals surface area contributed by atoms with Gasteiger partial charge in [0.25, 0.3) is 0 Å². The van der Waals surface area contributed by atoms with Crippen LogP contribution in [0.3, 0.4) is 0 Å². The molecule has 1 fully saturated rings. The maximum atomic E-state index is 11.9. The minimum atomic E-state index is -3.27. The van der Waals surface area contributed by atoms with Crippen molar-refractivity contribution in [2.75, 3.05) is 23.6 Å². The first kappa shape index (κ1) is 14.6. The summed E-state index contributed by atoms with van der Waals surface area (Å²) in [5.74, 6) is 1.05. The molecule has 19 heavy (non-hydrogen) atoms. The van der Waals surface area contributed by atoms with Gasteiger partial charge in [-0.1, -0.05) is 12.8 Å². The summed E-state index contributed by atoms with van der Waals surface area (Å²) >= 11 is 6.05. The Morgan fingerprint density at radius 1 is 1.42 bits per heavy atom. The second kappa shape index (κ2) is 6.09. The molecule has 6 heteroatoms. The number of hydrogen-bond donors (Lipinski definition) is 0. The average Bonchev–Trinajstić information content (AvgIpc) is 2.62. The molecule has 2 heterocycles. The van der Waals surface area contributed by atoms with E-state index in [0.717, 1.165) is 32.2 Å².